The summed E-state index contributed by atoms with van der Waals surface area (Å²) >= 11 is 0. The number of nitrogens with zero attached hydrogens (tertiary/aromatic N) is 1. The Hall–Kier alpha value is -2.70. The number of oxazole rings is 1. The molecule has 3 rings (SSSR count). The zero-order valence-corrected chi connectivity index (χ0v) is 14.8. The Kier molecular flexibility index (Phi) is 5.06. The van der Waals surface area contributed by atoms with E-state index in [1.165, 1.54) is 0 Å². The van der Waals surface area contributed by atoms with Gasteiger partial charge in [0.15, 0.2) is 5.58 Å². The lowest BCUT2D eigenvalue weighted by Gasteiger charge is -2.27. The molecular weight excluding hydrogens is 332 g/mol. The maximum absolute atomic E-state index is 11.3. The highest BCUT2D eigenvalue weighted by Gasteiger charge is 2.28. The molecule has 1 unspecified atom stereocenters. The number of aryl methyl sites for hydroxylation is 1. The fourth-order valence-corrected chi connectivity index (χ4v) is 2.98. The van der Waals surface area contributed by atoms with Gasteiger partial charge in [0.1, 0.15) is 5.52 Å². The molecule has 0 spiro atoms. The summed E-state index contributed by atoms with van der Waals surface area (Å²) in [4.78, 5) is 15.8. The first-order valence-electron chi connectivity index (χ1n) is 8.58. The fraction of sp³-hybridized carbons (Fsp3) is 0.300. The van der Waals surface area contributed by atoms with Crippen molar-refractivity contribution in [1.29, 1.82) is 0 Å². The van der Waals surface area contributed by atoms with E-state index in [4.69, 9.17) is 9.62 Å². The third-order valence-corrected chi connectivity index (χ3v) is 4.69. The van der Waals surface area contributed by atoms with Crippen molar-refractivity contribution < 1.29 is 19.5 Å². The van der Waals surface area contributed by atoms with Crippen molar-refractivity contribution in [2.45, 2.75) is 38.7 Å². The fourth-order valence-electron chi connectivity index (χ4n) is 2.98. The minimum Gasteiger partial charge on any atom is -0.436 e. The normalized spacial score (nSPS) is 13.5. The number of aromatic nitrogens is 1. The molecule has 3 aromatic rings. The van der Waals surface area contributed by atoms with Crippen LogP contribution in [0.25, 0.3) is 22.6 Å². The zero-order valence-electron chi connectivity index (χ0n) is 14.8. The largest absolute Gasteiger partial charge is 0.436 e. The summed E-state index contributed by atoms with van der Waals surface area (Å²) in [7, 11) is 0. The van der Waals surface area contributed by atoms with Gasteiger partial charge in [0, 0.05) is 12.0 Å². The average Bonchev–Trinajstić information content (AvgIpc) is 3.09. The molecule has 3 N–H and O–H groups in total. The van der Waals surface area contributed by atoms with E-state index >= 15 is 0 Å². The molecule has 0 aliphatic carbocycles. The van der Waals surface area contributed by atoms with Crippen molar-refractivity contribution in [3.05, 3.63) is 53.6 Å². The Morgan fingerprint density at radius 3 is 2.62 bits per heavy atom. The van der Waals surface area contributed by atoms with E-state index in [0.717, 1.165) is 22.2 Å². The van der Waals surface area contributed by atoms with Gasteiger partial charge in [-0.1, -0.05) is 25.1 Å². The molecule has 6 nitrogen and oxygen atoms in total. The third-order valence-electron chi connectivity index (χ3n) is 4.69. The van der Waals surface area contributed by atoms with Crippen LogP contribution in [0.2, 0.25) is 0 Å². The number of amides is 1. The quantitative estimate of drug-likeness (QED) is 0.463. The van der Waals surface area contributed by atoms with Gasteiger partial charge in [0.25, 0.3) is 0 Å². The van der Waals surface area contributed by atoms with Gasteiger partial charge in [0.05, 0.1) is 5.60 Å². The predicted octanol–water partition coefficient (Wildman–Crippen LogP) is 3.69. The number of hydroxylamine groups is 1. The average molecular weight is 354 g/mol. The lowest BCUT2D eigenvalue weighted by molar-refractivity contribution is -0.130. The van der Waals surface area contributed by atoms with Gasteiger partial charge < -0.3 is 9.52 Å². The number of hydrogen-bond donors (Lipinski definition) is 3. The smallest absolute Gasteiger partial charge is 0.243 e. The Bertz CT molecular complexity index is 917. The highest BCUT2D eigenvalue weighted by atomic mass is 16.5. The number of benzene rings is 2. The van der Waals surface area contributed by atoms with Crippen LogP contribution in [0, 0.1) is 6.92 Å². The second-order valence-electron chi connectivity index (χ2n) is 6.49. The Labute approximate surface area is 151 Å². The maximum atomic E-state index is 11.3. The molecule has 0 saturated heterocycles. The molecule has 136 valence electrons. The van der Waals surface area contributed by atoms with Crippen molar-refractivity contribution in [2.24, 2.45) is 0 Å². The van der Waals surface area contributed by atoms with Crippen LogP contribution in [-0.2, 0) is 10.4 Å². The van der Waals surface area contributed by atoms with Crippen LogP contribution >= 0.6 is 0 Å². The highest BCUT2D eigenvalue weighted by molar-refractivity contribution is 5.77. The van der Waals surface area contributed by atoms with Crippen molar-refractivity contribution in [3.8, 4) is 11.5 Å². The van der Waals surface area contributed by atoms with Gasteiger partial charge in [-0.3, -0.25) is 10.0 Å². The Morgan fingerprint density at radius 2 is 1.96 bits per heavy atom. The van der Waals surface area contributed by atoms with Gasteiger partial charge >= 0.3 is 0 Å². The number of fused-ring (bicyclic) bond motifs is 1. The molecule has 1 atom stereocenters. The summed E-state index contributed by atoms with van der Waals surface area (Å²) in [6, 6.07) is 13.2. The summed E-state index contributed by atoms with van der Waals surface area (Å²) in [5.74, 6) is 0.00658. The molecule has 26 heavy (non-hydrogen) atoms. The first kappa shape index (κ1) is 18.1. The van der Waals surface area contributed by atoms with E-state index in [2.05, 4.69) is 4.98 Å². The number of hydrogen-bond acceptors (Lipinski definition) is 5. The molecule has 1 amide bonds. The molecule has 0 aliphatic heterocycles. The third kappa shape index (κ3) is 3.61. The van der Waals surface area contributed by atoms with Gasteiger partial charge in [-0.2, -0.15) is 0 Å². The highest BCUT2D eigenvalue weighted by Crippen LogP contribution is 2.32. The van der Waals surface area contributed by atoms with Crippen LogP contribution in [0.15, 0.2) is 46.9 Å². The molecule has 0 bridgehead atoms. The molecule has 0 radical (unpaired) electrons. The lowest BCUT2D eigenvalue weighted by Crippen LogP contribution is -2.28. The SMILES string of the molecule is CCC(O)(CCC(=O)NO)c1ccc(-c2nc3ccc(C)cc3o2)cc1. The molecule has 0 aliphatic rings. The van der Waals surface area contributed by atoms with Crippen LogP contribution in [0.3, 0.4) is 0 Å². The maximum Gasteiger partial charge on any atom is 0.243 e. The topological polar surface area (TPSA) is 95.6 Å². The monoisotopic (exact) mass is 354 g/mol. The Balaban J connectivity index is 1.85. The molecule has 1 aromatic heterocycles. The minimum absolute atomic E-state index is 0.0348. The van der Waals surface area contributed by atoms with Crippen LogP contribution in [0.1, 0.15) is 37.3 Å². The van der Waals surface area contributed by atoms with Crippen molar-refractivity contribution in [1.82, 2.24) is 10.5 Å². The van der Waals surface area contributed by atoms with E-state index in [0.29, 0.717) is 17.9 Å². The van der Waals surface area contributed by atoms with E-state index < -0.39 is 11.5 Å². The molecule has 0 saturated carbocycles. The summed E-state index contributed by atoms with van der Waals surface area (Å²) in [5, 5.41) is 19.5. The van der Waals surface area contributed by atoms with Crippen molar-refractivity contribution in [3.63, 3.8) is 0 Å². The second-order valence-corrected chi connectivity index (χ2v) is 6.49. The first-order chi connectivity index (χ1) is 12.4. The van der Waals surface area contributed by atoms with Gasteiger partial charge in [-0.15, -0.1) is 0 Å². The second kappa shape index (κ2) is 7.27. The number of aliphatic hydroxyl groups is 1. The lowest BCUT2D eigenvalue weighted by atomic mass is 9.86. The zero-order chi connectivity index (χ0) is 18.7. The van der Waals surface area contributed by atoms with E-state index in [-0.39, 0.29) is 12.8 Å². The number of carbonyl (C=O) groups excluding carboxylic acids is 1. The van der Waals surface area contributed by atoms with E-state index in [1.54, 1.807) is 5.48 Å². The van der Waals surface area contributed by atoms with E-state index in [1.807, 2.05) is 56.3 Å². The van der Waals surface area contributed by atoms with Gasteiger partial charge in [-0.25, -0.2) is 10.5 Å². The standard InChI is InChI=1S/C20H22N2O4/c1-3-20(24,11-10-18(23)22-25)15-7-5-14(6-8-15)19-21-16-9-4-13(2)12-17(16)26-19/h4-9,12,24-25H,3,10-11H2,1-2H3,(H,22,23). The number of nitrogens with one attached hydrogen (secondary N) is 1. The molecule has 2 aromatic carbocycles. The number of rotatable bonds is 6. The minimum atomic E-state index is -1.14. The Morgan fingerprint density at radius 1 is 1.23 bits per heavy atom. The van der Waals surface area contributed by atoms with Gasteiger partial charge in [0.2, 0.25) is 11.8 Å². The molecular formula is C20H22N2O4. The molecule has 6 heteroatoms. The van der Waals surface area contributed by atoms with Crippen LogP contribution in [0.5, 0.6) is 0 Å². The molecule has 0 fully saturated rings. The van der Waals surface area contributed by atoms with Crippen LogP contribution in [0.4, 0.5) is 0 Å². The summed E-state index contributed by atoms with van der Waals surface area (Å²) in [6.45, 7) is 3.85. The van der Waals surface area contributed by atoms with Crippen molar-refractivity contribution >= 4 is 17.0 Å². The first-order valence-corrected chi connectivity index (χ1v) is 8.58. The van der Waals surface area contributed by atoms with E-state index in [9.17, 15) is 9.90 Å². The summed E-state index contributed by atoms with van der Waals surface area (Å²) < 4.78 is 5.83. The summed E-state index contributed by atoms with van der Waals surface area (Å²) in [5.41, 5.74) is 4.63. The summed E-state index contributed by atoms with van der Waals surface area (Å²) in [6.07, 6.45) is 0.706. The predicted molar refractivity (Wildman–Crippen MR) is 97.5 cm³/mol. The van der Waals surface area contributed by atoms with Crippen molar-refractivity contribution in [2.75, 3.05) is 0 Å². The van der Waals surface area contributed by atoms with Crippen LogP contribution < -0.4 is 5.48 Å². The molecule has 1 heterocycles. The van der Waals surface area contributed by atoms with Gasteiger partial charge in [-0.05, 0) is 55.2 Å². The number of carbonyl (C=O) groups is 1. The van der Waals surface area contributed by atoms with Crippen LogP contribution in [-0.4, -0.2) is 21.2 Å².